The molecule has 0 aromatic rings. The minimum atomic E-state index is -4.96. The zero-order valence-electron chi connectivity index (χ0n) is 63.2. The van der Waals surface area contributed by atoms with Crippen LogP contribution in [0.25, 0.3) is 0 Å². The molecule has 19 heteroatoms. The second kappa shape index (κ2) is 71.1. The number of aliphatic hydroxyl groups excluding tert-OH is 1. The van der Waals surface area contributed by atoms with Gasteiger partial charge in [0.25, 0.3) is 0 Å². The third-order valence-corrected chi connectivity index (χ3v) is 20.2. The second-order valence-corrected chi connectivity index (χ2v) is 31.5. The molecule has 0 aliphatic rings. The van der Waals surface area contributed by atoms with E-state index in [0.29, 0.717) is 25.7 Å². The van der Waals surface area contributed by atoms with E-state index in [0.717, 1.165) is 95.8 Å². The van der Waals surface area contributed by atoms with E-state index in [1.54, 1.807) is 0 Å². The summed E-state index contributed by atoms with van der Waals surface area (Å²) in [6.45, 7) is 7.31. The van der Waals surface area contributed by atoms with E-state index in [9.17, 15) is 43.2 Å². The summed E-state index contributed by atoms with van der Waals surface area (Å²) in [5.41, 5.74) is 0. The molecule has 0 rings (SSSR count). The number of phosphoric acid groups is 2. The van der Waals surface area contributed by atoms with E-state index in [-0.39, 0.29) is 25.7 Å². The average molecular weight is 1420 g/mol. The third-order valence-electron chi connectivity index (χ3n) is 18.3. The van der Waals surface area contributed by atoms with Crippen molar-refractivity contribution in [3.05, 3.63) is 0 Å². The number of unbranched alkanes of at least 4 members (excludes halogenated alkanes) is 50. The summed E-state index contributed by atoms with van der Waals surface area (Å²) in [5.74, 6) is -1.34. The van der Waals surface area contributed by atoms with Gasteiger partial charge in [-0.3, -0.25) is 37.3 Å². The van der Waals surface area contributed by atoms with Crippen LogP contribution in [0.3, 0.4) is 0 Å². The molecular formula is C78H152O17P2. The molecular weight excluding hydrogens is 1270 g/mol. The Hall–Kier alpha value is -1.94. The molecule has 0 radical (unpaired) electrons. The Morgan fingerprint density at radius 3 is 0.701 bits per heavy atom. The maximum absolute atomic E-state index is 13.1. The Morgan fingerprint density at radius 2 is 0.474 bits per heavy atom. The highest BCUT2D eigenvalue weighted by molar-refractivity contribution is 7.47. The molecule has 0 aromatic heterocycles. The molecule has 0 aliphatic carbocycles. The van der Waals surface area contributed by atoms with Crippen LogP contribution in [0.5, 0.6) is 0 Å². The van der Waals surface area contributed by atoms with Gasteiger partial charge in [-0.15, -0.1) is 0 Å². The molecule has 0 amide bonds. The fraction of sp³-hybridized carbons (Fsp3) is 0.949. The summed E-state index contributed by atoms with van der Waals surface area (Å²) in [6.07, 6.45) is 60.9. The van der Waals surface area contributed by atoms with Gasteiger partial charge in [0.15, 0.2) is 12.2 Å². The lowest BCUT2D eigenvalue weighted by Gasteiger charge is -2.21. The molecule has 0 saturated heterocycles. The van der Waals surface area contributed by atoms with Gasteiger partial charge in [0, 0.05) is 25.7 Å². The van der Waals surface area contributed by atoms with Gasteiger partial charge in [-0.25, -0.2) is 9.13 Å². The van der Waals surface area contributed by atoms with E-state index < -0.39 is 97.5 Å². The van der Waals surface area contributed by atoms with Gasteiger partial charge in [-0.2, -0.15) is 0 Å². The maximum Gasteiger partial charge on any atom is 0.472 e. The van der Waals surface area contributed by atoms with Crippen molar-refractivity contribution in [2.45, 2.75) is 432 Å². The fourth-order valence-electron chi connectivity index (χ4n) is 12.1. The highest BCUT2D eigenvalue weighted by Gasteiger charge is 2.30. The lowest BCUT2D eigenvalue weighted by Crippen LogP contribution is -2.30. The Morgan fingerprint density at radius 1 is 0.278 bits per heavy atom. The van der Waals surface area contributed by atoms with Crippen LogP contribution in [0.15, 0.2) is 0 Å². The van der Waals surface area contributed by atoms with Crippen LogP contribution in [0.4, 0.5) is 0 Å². The molecule has 0 heterocycles. The van der Waals surface area contributed by atoms with Crippen molar-refractivity contribution >= 4 is 39.5 Å². The summed E-state index contributed by atoms with van der Waals surface area (Å²) in [5, 5.41) is 10.6. The van der Waals surface area contributed by atoms with E-state index >= 15 is 0 Å². The molecule has 576 valence electrons. The summed E-state index contributed by atoms with van der Waals surface area (Å²) in [7, 11) is -9.91. The Bertz CT molecular complexity index is 1860. The first-order chi connectivity index (χ1) is 47.0. The molecule has 17 nitrogen and oxygen atoms in total. The van der Waals surface area contributed by atoms with Gasteiger partial charge in [0.2, 0.25) is 0 Å². The van der Waals surface area contributed by atoms with Crippen LogP contribution in [-0.2, 0) is 65.4 Å². The molecule has 0 saturated carbocycles. The van der Waals surface area contributed by atoms with E-state index in [1.165, 1.54) is 238 Å². The highest BCUT2D eigenvalue weighted by atomic mass is 31.2. The summed E-state index contributed by atoms with van der Waals surface area (Å²) in [4.78, 5) is 72.9. The predicted octanol–water partition coefficient (Wildman–Crippen LogP) is 23.3. The van der Waals surface area contributed by atoms with Gasteiger partial charge in [-0.05, 0) is 31.6 Å². The summed E-state index contributed by atoms with van der Waals surface area (Å²) in [6, 6.07) is 0. The number of phosphoric ester groups is 2. The maximum atomic E-state index is 13.1. The molecule has 2 unspecified atom stereocenters. The molecule has 3 N–H and O–H groups in total. The first-order valence-corrected chi connectivity index (χ1v) is 43.6. The van der Waals surface area contributed by atoms with Crippen LogP contribution < -0.4 is 0 Å². The molecule has 0 aromatic carbocycles. The number of hydrogen-bond acceptors (Lipinski definition) is 15. The summed E-state index contributed by atoms with van der Waals surface area (Å²) >= 11 is 0. The monoisotopic (exact) mass is 1420 g/mol. The number of esters is 4. The van der Waals surface area contributed by atoms with Crippen molar-refractivity contribution in [2.24, 2.45) is 5.92 Å². The smallest absolute Gasteiger partial charge is 0.462 e. The van der Waals surface area contributed by atoms with Gasteiger partial charge < -0.3 is 33.8 Å². The van der Waals surface area contributed by atoms with Gasteiger partial charge >= 0.3 is 39.5 Å². The lowest BCUT2D eigenvalue weighted by molar-refractivity contribution is -0.161. The predicted molar refractivity (Wildman–Crippen MR) is 395 cm³/mol. The number of carbonyl (C=O) groups is 4. The Kier molecular flexibility index (Phi) is 69.6. The van der Waals surface area contributed by atoms with Crippen LogP contribution in [0.1, 0.15) is 413 Å². The second-order valence-electron chi connectivity index (χ2n) is 28.6. The Balaban J connectivity index is 5.24. The first-order valence-electron chi connectivity index (χ1n) is 40.6. The molecule has 5 atom stereocenters. The standard InChI is InChI=1S/C78H152O17P2/c1-6-9-12-15-18-21-24-26-28-29-30-32-34-38-43-48-53-58-63-77(82)94-74(68-89-76(81)62-57-52-47-42-37-33-31-27-25-22-19-16-13-10-7-2)70-93-97(86,87)91-66-72(79)65-90-96(84,85)92-69-73(67-88-75(80)61-56-51-46-41-23-20-17-14-11-8-3)95-78(83)64-59-54-49-44-39-35-36-40-45-50-55-60-71(4)5/h71-74,79H,6-70H2,1-5H3,(H,84,85)(H,86,87)/t72-,73+,74+/m0/s1. The lowest BCUT2D eigenvalue weighted by atomic mass is 10.0. The van der Waals surface area contributed by atoms with Crippen molar-refractivity contribution in [2.75, 3.05) is 39.6 Å². The largest absolute Gasteiger partial charge is 0.472 e. The average Bonchev–Trinajstić information content (AvgIpc) is 2.07. The van der Waals surface area contributed by atoms with Crippen molar-refractivity contribution in [1.82, 2.24) is 0 Å². The molecule has 0 fully saturated rings. The SMILES string of the molecule is CCCCCCCCCCCCCCCCCCCCC(=O)O[C@H](COC(=O)CCCCCCCCCCCCCCCCC)COP(=O)(O)OC[C@@H](O)COP(=O)(O)OC[C@@H](COC(=O)CCCCCCCCCCCC)OC(=O)CCCCCCCCCCCCCC(C)C. The third kappa shape index (κ3) is 72.2. The van der Waals surface area contributed by atoms with E-state index in [2.05, 4.69) is 34.6 Å². The fourth-order valence-corrected chi connectivity index (χ4v) is 13.6. The van der Waals surface area contributed by atoms with E-state index in [4.69, 9.17) is 37.0 Å². The van der Waals surface area contributed by atoms with Gasteiger partial charge in [0.05, 0.1) is 26.4 Å². The summed E-state index contributed by atoms with van der Waals surface area (Å²) < 4.78 is 68.6. The minimum Gasteiger partial charge on any atom is -0.462 e. The van der Waals surface area contributed by atoms with Crippen molar-refractivity contribution in [1.29, 1.82) is 0 Å². The molecule has 97 heavy (non-hydrogen) atoms. The quantitative estimate of drug-likeness (QED) is 0.0222. The van der Waals surface area contributed by atoms with Crippen LogP contribution in [0.2, 0.25) is 0 Å². The van der Waals surface area contributed by atoms with Crippen molar-refractivity contribution < 1.29 is 80.2 Å². The minimum absolute atomic E-state index is 0.107. The highest BCUT2D eigenvalue weighted by Crippen LogP contribution is 2.45. The number of carbonyl (C=O) groups excluding carboxylic acids is 4. The van der Waals surface area contributed by atoms with Crippen molar-refractivity contribution in [3.8, 4) is 0 Å². The number of aliphatic hydroxyl groups is 1. The van der Waals surface area contributed by atoms with Crippen LogP contribution in [0, 0.1) is 5.92 Å². The zero-order valence-corrected chi connectivity index (χ0v) is 65.0. The number of rotatable bonds is 78. The first kappa shape index (κ1) is 95.1. The van der Waals surface area contributed by atoms with Crippen molar-refractivity contribution in [3.63, 3.8) is 0 Å². The molecule has 0 aliphatic heterocycles. The topological polar surface area (TPSA) is 237 Å². The molecule has 0 bridgehead atoms. The zero-order chi connectivity index (χ0) is 71.2. The Labute approximate surface area is 594 Å². The van der Waals surface area contributed by atoms with E-state index in [1.807, 2.05) is 0 Å². The van der Waals surface area contributed by atoms with Crippen LogP contribution in [-0.4, -0.2) is 96.7 Å². The molecule has 0 spiro atoms. The van der Waals surface area contributed by atoms with Gasteiger partial charge in [0.1, 0.15) is 19.3 Å². The van der Waals surface area contributed by atoms with Crippen LogP contribution >= 0.6 is 15.6 Å². The normalized spacial score (nSPS) is 13.9. The number of hydrogen-bond donors (Lipinski definition) is 3. The number of ether oxygens (including phenoxy) is 4. The van der Waals surface area contributed by atoms with Gasteiger partial charge in [-0.1, -0.05) is 362 Å².